The van der Waals surface area contributed by atoms with Gasteiger partial charge in [-0.2, -0.15) is 0 Å². The first kappa shape index (κ1) is 10.9. The molecule has 1 aromatic heterocycles. The van der Waals surface area contributed by atoms with E-state index in [0.717, 1.165) is 36.1 Å². The normalized spacial score (nSPS) is 26.3. The molecular formula is C11H15BrN2O. The van der Waals surface area contributed by atoms with E-state index in [1.165, 1.54) is 0 Å². The Kier molecular flexibility index (Phi) is 3.59. The van der Waals surface area contributed by atoms with Crippen LogP contribution in [0, 0.1) is 0 Å². The largest absolute Gasteiger partial charge is 0.393 e. The number of pyridine rings is 1. The molecule has 0 bridgehead atoms. The van der Waals surface area contributed by atoms with Crippen LogP contribution < -0.4 is 5.32 Å². The Hall–Kier alpha value is -0.610. The zero-order valence-electron chi connectivity index (χ0n) is 8.49. The number of anilines is 1. The highest BCUT2D eigenvalue weighted by atomic mass is 79.9. The zero-order chi connectivity index (χ0) is 10.7. The summed E-state index contributed by atoms with van der Waals surface area (Å²) in [5.41, 5.74) is 0. The lowest BCUT2D eigenvalue weighted by molar-refractivity contribution is 0.126. The lowest BCUT2D eigenvalue weighted by Gasteiger charge is -2.26. The third-order valence-electron chi connectivity index (χ3n) is 2.76. The van der Waals surface area contributed by atoms with Crippen LogP contribution in [0.4, 0.5) is 5.82 Å². The summed E-state index contributed by atoms with van der Waals surface area (Å²) in [5, 5.41) is 12.8. The fourth-order valence-corrected chi connectivity index (χ4v) is 2.26. The molecule has 1 aromatic rings. The lowest BCUT2D eigenvalue weighted by Crippen LogP contribution is -2.28. The molecule has 0 radical (unpaired) electrons. The molecular weight excluding hydrogens is 256 g/mol. The number of halogens is 1. The molecule has 0 saturated heterocycles. The van der Waals surface area contributed by atoms with Crippen LogP contribution in [0.1, 0.15) is 25.7 Å². The van der Waals surface area contributed by atoms with Crippen molar-refractivity contribution in [2.45, 2.75) is 37.8 Å². The molecule has 1 fully saturated rings. The molecule has 2 N–H and O–H groups in total. The molecule has 0 aromatic carbocycles. The first-order valence-electron chi connectivity index (χ1n) is 5.31. The smallest absolute Gasteiger partial charge is 0.127 e. The highest BCUT2D eigenvalue weighted by molar-refractivity contribution is 9.10. The van der Waals surface area contributed by atoms with Crippen molar-refractivity contribution in [2.24, 2.45) is 0 Å². The first-order chi connectivity index (χ1) is 7.24. The molecule has 1 saturated carbocycles. The van der Waals surface area contributed by atoms with Gasteiger partial charge in [-0.15, -0.1) is 0 Å². The van der Waals surface area contributed by atoms with E-state index >= 15 is 0 Å². The molecule has 4 heteroatoms. The van der Waals surface area contributed by atoms with Crippen LogP contribution in [-0.2, 0) is 0 Å². The Bertz CT molecular complexity index is 324. The van der Waals surface area contributed by atoms with Gasteiger partial charge in [-0.3, -0.25) is 0 Å². The Balaban J connectivity index is 1.92. The molecule has 1 aliphatic carbocycles. The number of rotatable bonds is 2. The van der Waals surface area contributed by atoms with Gasteiger partial charge in [0.2, 0.25) is 0 Å². The summed E-state index contributed by atoms with van der Waals surface area (Å²) in [5.74, 6) is 0.908. The topological polar surface area (TPSA) is 45.1 Å². The number of aliphatic hydroxyl groups excluding tert-OH is 1. The maximum atomic E-state index is 9.39. The van der Waals surface area contributed by atoms with Gasteiger partial charge in [-0.25, -0.2) is 4.98 Å². The third kappa shape index (κ3) is 3.18. The third-order valence-corrected chi connectivity index (χ3v) is 3.21. The lowest BCUT2D eigenvalue weighted by atomic mass is 9.93. The van der Waals surface area contributed by atoms with Crippen molar-refractivity contribution in [3.05, 3.63) is 22.8 Å². The highest BCUT2D eigenvalue weighted by Crippen LogP contribution is 2.21. The van der Waals surface area contributed by atoms with Gasteiger partial charge in [0, 0.05) is 6.04 Å². The van der Waals surface area contributed by atoms with Gasteiger partial charge >= 0.3 is 0 Å². The standard InChI is InChI=1S/C11H15BrN2O/c12-10-2-1-3-11(14-10)13-8-4-6-9(15)7-5-8/h1-3,8-9,15H,4-7H2,(H,13,14). The van der Waals surface area contributed by atoms with Crippen LogP contribution in [0.5, 0.6) is 0 Å². The fraction of sp³-hybridized carbons (Fsp3) is 0.545. The van der Waals surface area contributed by atoms with Crippen LogP contribution >= 0.6 is 15.9 Å². The average Bonchev–Trinajstić information content (AvgIpc) is 2.22. The van der Waals surface area contributed by atoms with E-state index in [0.29, 0.717) is 6.04 Å². The van der Waals surface area contributed by atoms with Gasteiger partial charge in [0.05, 0.1) is 6.10 Å². The summed E-state index contributed by atoms with van der Waals surface area (Å²) in [4.78, 5) is 4.33. The molecule has 82 valence electrons. The van der Waals surface area contributed by atoms with Crippen LogP contribution in [0.25, 0.3) is 0 Å². The molecule has 0 spiro atoms. The van der Waals surface area contributed by atoms with Crippen molar-refractivity contribution in [1.29, 1.82) is 0 Å². The Morgan fingerprint density at radius 3 is 2.67 bits per heavy atom. The second kappa shape index (κ2) is 4.94. The maximum Gasteiger partial charge on any atom is 0.127 e. The molecule has 0 atom stereocenters. The summed E-state index contributed by atoms with van der Waals surface area (Å²) >= 11 is 3.35. The van der Waals surface area contributed by atoms with Gasteiger partial charge in [0.15, 0.2) is 0 Å². The Labute approximate surface area is 98.0 Å². The predicted molar refractivity (Wildman–Crippen MR) is 63.8 cm³/mol. The SMILES string of the molecule is OC1CCC(Nc2cccc(Br)n2)CC1. The summed E-state index contributed by atoms with van der Waals surface area (Å²) in [6.07, 6.45) is 3.74. The van der Waals surface area contributed by atoms with Gasteiger partial charge < -0.3 is 10.4 Å². The Morgan fingerprint density at radius 1 is 1.27 bits per heavy atom. The van der Waals surface area contributed by atoms with Gasteiger partial charge in [0.1, 0.15) is 10.4 Å². The molecule has 1 heterocycles. The van der Waals surface area contributed by atoms with E-state index in [4.69, 9.17) is 0 Å². The van der Waals surface area contributed by atoms with Crippen LogP contribution in [0.3, 0.4) is 0 Å². The van der Waals surface area contributed by atoms with E-state index in [2.05, 4.69) is 26.2 Å². The minimum atomic E-state index is -0.0986. The van der Waals surface area contributed by atoms with Crippen molar-refractivity contribution < 1.29 is 5.11 Å². The molecule has 0 unspecified atom stereocenters. The van der Waals surface area contributed by atoms with E-state index < -0.39 is 0 Å². The quantitative estimate of drug-likeness (QED) is 0.812. The van der Waals surface area contributed by atoms with Crippen molar-refractivity contribution >= 4 is 21.7 Å². The summed E-state index contributed by atoms with van der Waals surface area (Å²) in [7, 11) is 0. The maximum absolute atomic E-state index is 9.39. The number of aromatic nitrogens is 1. The minimum absolute atomic E-state index is 0.0986. The van der Waals surface area contributed by atoms with Crippen molar-refractivity contribution in [3.63, 3.8) is 0 Å². The Morgan fingerprint density at radius 2 is 2.00 bits per heavy atom. The number of nitrogens with zero attached hydrogens (tertiary/aromatic N) is 1. The number of aliphatic hydroxyl groups is 1. The number of nitrogens with one attached hydrogen (secondary N) is 1. The molecule has 1 aliphatic rings. The highest BCUT2D eigenvalue weighted by Gasteiger charge is 2.19. The summed E-state index contributed by atoms with van der Waals surface area (Å²) < 4.78 is 0.850. The van der Waals surface area contributed by atoms with Crippen molar-refractivity contribution in [2.75, 3.05) is 5.32 Å². The van der Waals surface area contributed by atoms with Crippen LogP contribution in [0.15, 0.2) is 22.8 Å². The second-order valence-electron chi connectivity index (χ2n) is 4.00. The van der Waals surface area contributed by atoms with Crippen LogP contribution in [-0.4, -0.2) is 22.2 Å². The number of hydrogen-bond donors (Lipinski definition) is 2. The zero-order valence-corrected chi connectivity index (χ0v) is 10.1. The van der Waals surface area contributed by atoms with Gasteiger partial charge in [-0.1, -0.05) is 6.07 Å². The number of hydrogen-bond acceptors (Lipinski definition) is 3. The van der Waals surface area contributed by atoms with E-state index in [1.807, 2.05) is 18.2 Å². The van der Waals surface area contributed by atoms with E-state index in [-0.39, 0.29) is 6.10 Å². The molecule has 2 rings (SSSR count). The molecule has 0 amide bonds. The van der Waals surface area contributed by atoms with Crippen molar-refractivity contribution in [1.82, 2.24) is 4.98 Å². The fourth-order valence-electron chi connectivity index (χ4n) is 1.92. The van der Waals surface area contributed by atoms with E-state index in [1.54, 1.807) is 0 Å². The van der Waals surface area contributed by atoms with Gasteiger partial charge in [0.25, 0.3) is 0 Å². The minimum Gasteiger partial charge on any atom is -0.393 e. The molecule has 0 aliphatic heterocycles. The monoisotopic (exact) mass is 270 g/mol. The first-order valence-corrected chi connectivity index (χ1v) is 6.10. The second-order valence-corrected chi connectivity index (χ2v) is 4.81. The summed E-state index contributed by atoms with van der Waals surface area (Å²) in [6.45, 7) is 0. The van der Waals surface area contributed by atoms with Gasteiger partial charge in [-0.05, 0) is 53.7 Å². The average molecular weight is 271 g/mol. The predicted octanol–water partition coefficient (Wildman–Crippen LogP) is 2.56. The van der Waals surface area contributed by atoms with E-state index in [9.17, 15) is 5.11 Å². The molecule has 3 nitrogen and oxygen atoms in total. The van der Waals surface area contributed by atoms with Crippen molar-refractivity contribution in [3.8, 4) is 0 Å². The summed E-state index contributed by atoms with van der Waals surface area (Å²) in [6, 6.07) is 6.30. The molecule has 15 heavy (non-hydrogen) atoms. The van der Waals surface area contributed by atoms with Crippen LogP contribution in [0.2, 0.25) is 0 Å².